The van der Waals surface area contributed by atoms with E-state index < -0.39 is 11.6 Å². The van der Waals surface area contributed by atoms with Crippen molar-refractivity contribution in [3.8, 4) is 11.5 Å². The Hall–Kier alpha value is -1.42. The lowest BCUT2D eigenvalue weighted by Crippen LogP contribution is -1.89. The molecule has 0 radical (unpaired) electrons. The molecule has 0 bridgehead atoms. The minimum Gasteiger partial charge on any atom is -0.444 e. The Morgan fingerprint density at radius 3 is 2.47 bits per heavy atom. The van der Waals surface area contributed by atoms with Crippen molar-refractivity contribution in [1.29, 1.82) is 0 Å². The molecule has 5 heteroatoms. The molecule has 0 saturated heterocycles. The summed E-state index contributed by atoms with van der Waals surface area (Å²) in [7, 11) is 0. The second-order valence-corrected chi connectivity index (χ2v) is 3.14. The van der Waals surface area contributed by atoms with Gasteiger partial charge in [0.05, 0.1) is 11.6 Å². The average Bonchev–Trinajstić information content (AvgIpc) is 2.66. The van der Waals surface area contributed by atoms with E-state index in [4.69, 9.17) is 16.0 Å². The van der Waals surface area contributed by atoms with Crippen molar-refractivity contribution in [3.05, 3.63) is 41.8 Å². The van der Waals surface area contributed by atoms with Crippen LogP contribution in [0.3, 0.4) is 0 Å². The Labute approximate surface area is 89.5 Å². The van der Waals surface area contributed by atoms with Crippen molar-refractivity contribution in [2.24, 2.45) is 0 Å². The molecule has 0 aliphatic carbocycles. The fraction of sp³-hybridized carbons (Fsp3) is 0.100. The smallest absolute Gasteiger partial charge is 0.232 e. The number of aromatic nitrogens is 1. The maximum absolute atomic E-state index is 13.3. The summed E-state index contributed by atoms with van der Waals surface area (Å²) in [5, 5.41) is 0. The molecule has 1 aromatic heterocycles. The number of hydrogen-bond donors (Lipinski definition) is 0. The van der Waals surface area contributed by atoms with Crippen LogP contribution in [0.15, 0.2) is 28.9 Å². The van der Waals surface area contributed by atoms with Crippen LogP contribution in [0.1, 0.15) is 5.69 Å². The zero-order valence-electron chi connectivity index (χ0n) is 7.51. The van der Waals surface area contributed by atoms with Gasteiger partial charge in [-0.2, -0.15) is 0 Å². The summed E-state index contributed by atoms with van der Waals surface area (Å²) in [6, 6.07) is 3.56. The Bertz CT molecular complexity index is 464. The van der Waals surface area contributed by atoms with E-state index in [-0.39, 0.29) is 17.3 Å². The van der Waals surface area contributed by atoms with E-state index >= 15 is 0 Å². The largest absolute Gasteiger partial charge is 0.444 e. The van der Waals surface area contributed by atoms with Crippen LogP contribution in [0, 0.1) is 11.6 Å². The highest BCUT2D eigenvalue weighted by atomic mass is 35.5. The van der Waals surface area contributed by atoms with Crippen LogP contribution < -0.4 is 0 Å². The van der Waals surface area contributed by atoms with Gasteiger partial charge in [-0.3, -0.25) is 0 Å². The fourth-order valence-electron chi connectivity index (χ4n) is 1.19. The Balaban J connectivity index is 2.53. The third-order valence-electron chi connectivity index (χ3n) is 1.87. The van der Waals surface area contributed by atoms with Crippen molar-refractivity contribution >= 4 is 11.6 Å². The van der Waals surface area contributed by atoms with Gasteiger partial charge in [-0.05, 0) is 12.1 Å². The summed E-state index contributed by atoms with van der Waals surface area (Å²) in [5.41, 5.74) is 0.170. The minimum absolute atomic E-state index is 0.0961. The summed E-state index contributed by atoms with van der Waals surface area (Å²) in [4.78, 5) is 3.84. The molecule has 0 spiro atoms. The van der Waals surface area contributed by atoms with Gasteiger partial charge in [-0.1, -0.05) is 6.07 Å². The van der Waals surface area contributed by atoms with E-state index in [9.17, 15) is 8.78 Å². The number of halogens is 3. The molecule has 0 unspecified atom stereocenters. The monoisotopic (exact) mass is 229 g/mol. The predicted octanol–water partition coefficient (Wildman–Crippen LogP) is 3.36. The third-order valence-corrected chi connectivity index (χ3v) is 2.14. The van der Waals surface area contributed by atoms with Crippen molar-refractivity contribution in [2.75, 3.05) is 0 Å². The molecule has 0 aliphatic rings. The number of benzene rings is 1. The molecular formula is C10H6ClF2NO. The highest BCUT2D eigenvalue weighted by Crippen LogP contribution is 2.25. The van der Waals surface area contributed by atoms with Gasteiger partial charge in [0.2, 0.25) is 5.89 Å². The second kappa shape index (κ2) is 3.98. The summed E-state index contributed by atoms with van der Waals surface area (Å²) < 4.78 is 31.5. The third kappa shape index (κ3) is 1.85. The Kier molecular flexibility index (Phi) is 2.68. The average molecular weight is 230 g/mol. The molecule has 0 N–H and O–H groups in total. The van der Waals surface area contributed by atoms with Gasteiger partial charge in [-0.25, -0.2) is 13.8 Å². The molecule has 0 saturated carbocycles. The Morgan fingerprint density at radius 1 is 1.27 bits per heavy atom. The maximum atomic E-state index is 13.3. The van der Waals surface area contributed by atoms with Crippen LogP contribution in [0.2, 0.25) is 0 Å². The first kappa shape index (κ1) is 10.1. The van der Waals surface area contributed by atoms with Crippen LogP contribution in [0.4, 0.5) is 8.78 Å². The van der Waals surface area contributed by atoms with E-state index in [1.54, 1.807) is 0 Å². The Morgan fingerprint density at radius 2 is 1.93 bits per heavy atom. The molecule has 0 aliphatic heterocycles. The molecule has 1 aromatic carbocycles. The van der Waals surface area contributed by atoms with Crippen LogP contribution in [-0.4, -0.2) is 4.98 Å². The predicted molar refractivity (Wildman–Crippen MR) is 51.4 cm³/mol. The van der Waals surface area contributed by atoms with Gasteiger partial charge in [0.1, 0.15) is 23.5 Å². The standard InChI is InChI=1S/C10H6ClF2NO/c11-4-6-5-15-10(14-6)9-7(12)2-1-3-8(9)13/h1-3,5H,4H2. The molecule has 0 fully saturated rings. The highest BCUT2D eigenvalue weighted by molar-refractivity contribution is 6.16. The van der Waals surface area contributed by atoms with Crippen LogP contribution in [-0.2, 0) is 5.88 Å². The van der Waals surface area contributed by atoms with E-state index in [1.807, 2.05) is 0 Å². The molecule has 1 heterocycles. The molecule has 2 aromatic rings. The van der Waals surface area contributed by atoms with Gasteiger partial charge in [0.25, 0.3) is 0 Å². The first-order valence-electron chi connectivity index (χ1n) is 4.17. The lowest BCUT2D eigenvalue weighted by Gasteiger charge is -1.98. The second-order valence-electron chi connectivity index (χ2n) is 2.87. The number of nitrogens with zero attached hydrogens (tertiary/aromatic N) is 1. The molecule has 0 atom stereocenters. The van der Waals surface area contributed by atoms with Crippen molar-refractivity contribution in [1.82, 2.24) is 4.98 Å². The number of rotatable bonds is 2. The first-order chi connectivity index (χ1) is 7.22. The maximum Gasteiger partial charge on any atom is 0.232 e. The number of alkyl halides is 1. The lowest BCUT2D eigenvalue weighted by atomic mass is 10.2. The molecule has 78 valence electrons. The van der Waals surface area contributed by atoms with Crippen molar-refractivity contribution < 1.29 is 13.2 Å². The van der Waals surface area contributed by atoms with Gasteiger partial charge in [0.15, 0.2) is 0 Å². The minimum atomic E-state index is -0.710. The summed E-state index contributed by atoms with van der Waals surface area (Å²) in [6.07, 6.45) is 1.27. The van der Waals surface area contributed by atoms with Gasteiger partial charge >= 0.3 is 0 Å². The molecular weight excluding hydrogens is 224 g/mol. The zero-order valence-corrected chi connectivity index (χ0v) is 8.26. The van der Waals surface area contributed by atoms with Crippen molar-refractivity contribution in [2.45, 2.75) is 5.88 Å². The zero-order chi connectivity index (χ0) is 10.8. The van der Waals surface area contributed by atoms with Crippen molar-refractivity contribution in [3.63, 3.8) is 0 Å². The highest BCUT2D eigenvalue weighted by Gasteiger charge is 2.15. The fourth-order valence-corrected chi connectivity index (χ4v) is 1.31. The molecule has 2 rings (SSSR count). The van der Waals surface area contributed by atoms with Gasteiger partial charge < -0.3 is 4.42 Å². The summed E-state index contributed by atoms with van der Waals surface area (Å²) >= 11 is 5.50. The lowest BCUT2D eigenvalue weighted by molar-refractivity contribution is 0.541. The normalized spacial score (nSPS) is 10.6. The molecule has 15 heavy (non-hydrogen) atoms. The summed E-state index contributed by atoms with van der Waals surface area (Å²) in [5.74, 6) is -1.38. The van der Waals surface area contributed by atoms with E-state index in [1.165, 1.54) is 12.3 Å². The SMILES string of the molecule is Fc1cccc(F)c1-c1nc(CCl)co1. The molecule has 2 nitrogen and oxygen atoms in total. The van der Waals surface area contributed by atoms with Crippen LogP contribution in [0.25, 0.3) is 11.5 Å². The van der Waals surface area contributed by atoms with E-state index in [0.29, 0.717) is 5.69 Å². The topological polar surface area (TPSA) is 26.0 Å². The van der Waals surface area contributed by atoms with E-state index in [0.717, 1.165) is 12.1 Å². The van der Waals surface area contributed by atoms with Crippen LogP contribution >= 0.6 is 11.6 Å². The van der Waals surface area contributed by atoms with Gasteiger partial charge in [0, 0.05) is 0 Å². The number of hydrogen-bond acceptors (Lipinski definition) is 2. The van der Waals surface area contributed by atoms with Gasteiger partial charge in [-0.15, -0.1) is 11.6 Å². The first-order valence-corrected chi connectivity index (χ1v) is 4.70. The number of oxazole rings is 1. The molecule has 0 amide bonds. The quantitative estimate of drug-likeness (QED) is 0.738. The van der Waals surface area contributed by atoms with Crippen LogP contribution in [0.5, 0.6) is 0 Å². The summed E-state index contributed by atoms with van der Waals surface area (Å²) in [6.45, 7) is 0. The van der Waals surface area contributed by atoms with E-state index in [2.05, 4.69) is 4.98 Å².